The summed E-state index contributed by atoms with van der Waals surface area (Å²) in [5.74, 6) is -3.06. The fourth-order valence-corrected chi connectivity index (χ4v) is 8.54. The average molecular weight is 771 g/mol. The van der Waals surface area contributed by atoms with E-state index in [2.05, 4.69) is 32.2 Å². The van der Waals surface area contributed by atoms with Crippen LogP contribution in [-0.2, 0) is 33.9 Å². The molecular formula is C37H50N6O8S2. The average Bonchev–Trinajstić information content (AvgIpc) is 3.91. The third kappa shape index (κ3) is 9.44. The van der Waals surface area contributed by atoms with Crippen LogP contribution in [0.25, 0.3) is 10.6 Å². The Kier molecular flexibility index (Phi) is 11.2. The van der Waals surface area contributed by atoms with Gasteiger partial charge in [-0.05, 0) is 54.7 Å². The molecule has 1 aliphatic heterocycles. The quantitative estimate of drug-likeness (QED) is 0.228. The molecule has 2 aliphatic carbocycles. The van der Waals surface area contributed by atoms with Crippen molar-refractivity contribution in [3.8, 4) is 10.6 Å². The number of aryl methyl sites for hydroxylation is 1. The van der Waals surface area contributed by atoms with Crippen molar-refractivity contribution < 1.29 is 37.1 Å². The van der Waals surface area contributed by atoms with Crippen molar-refractivity contribution in [3.63, 3.8) is 0 Å². The van der Waals surface area contributed by atoms with Crippen LogP contribution in [0.5, 0.6) is 0 Å². The van der Waals surface area contributed by atoms with Gasteiger partial charge in [0.1, 0.15) is 28.7 Å². The van der Waals surface area contributed by atoms with Gasteiger partial charge in [-0.2, -0.15) is 0 Å². The maximum Gasteiger partial charge on any atom is 0.411 e. The van der Waals surface area contributed by atoms with E-state index in [1.165, 1.54) is 22.3 Å². The first-order valence-electron chi connectivity index (χ1n) is 17.7. The number of anilines is 1. The summed E-state index contributed by atoms with van der Waals surface area (Å²) in [6, 6.07) is 3.23. The summed E-state index contributed by atoms with van der Waals surface area (Å²) in [6.07, 6.45) is 2.39. The molecule has 1 aromatic heterocycles. The zero-order chi connectivity index (χ0) is 39.1. The lowest BCUT2D eigenvalue weighted by molar-refractivity contribution is -0.144. The number of nitrogens with one attached hydrogen (secondary N) is 4. The van der Waals surface area contributed by atoms with Gasteiger partial charge in [0.25, 0.3) is 5.91 Å². The van der Waals surface area contributed by atoms with Crippen LogP contribution in [0.2, 0.25) is 0 Å². The molecule has 5 atom stereocenters. The Morgan fingerprint density at radius 2 is 1.83 bits per heavy atom. The normalized spacial score (nSPS) is 23.4. The zero-order valence-electron chi connectivity index (χ0n) is 31.3. The molecule has 5 amide bonds. The van der Waals surface area contributed by atoms with Gasteiger partial charge in [0.2, 0.25) is 27.7 Å². The summed E-state index contributed by atoms with van der Waals surface area (Å²) < 4.78 is 33.3. The topological polar surface area (TPSA) is 193 Å². The highest BCUT2D eigenvalue weighted by molar-refractivity contribution is 7.91. The Labute approximate surface area is 315 Å². The number of hydrogen-bond acceptors (Lipinski definition) is 10. The standard InChI is InChI=1S/C37H50N6O8S2/c1-9-22-18-37(22,33(47)42-53(49,50)24-11-12-24)41-30(45)27-17-23(20-43(27)32(46)29(36(6,7)8)40-28(44)19-35(3,4)5)51-34(48)39-26-16-21(2)10-13-25(26)31-38-14-15-52-31/h9-10,13-16,22-24,27,29H,1,11-12,17-20H2,2-8H3,(H,39,48)(H,40,44)(H,41,45)(H,42,47)/t22?,23-,27+,29-,37-/m1/s1. The second-order valence-electron chi connectivity index (χ2n) is 16.6. The largest absolute Gasteiger partial charge is 0.444 e. The van der Waals surface area contributed by atoms with Gasteiger partial charge >= 0.3 is 6.09 Å². The van der Waals surface area contributed by atoms with E-state index in [1.54, 1.807) is 33.0 Å². The second kappa shape index (κ2) is 14.8. The van der Waals surface area contributed by atoms with Gasteiger partial charge in [-0.15, -0.1) is 17.9 Å². The Morgan fingerprint density at radius 1 is 1.13 bits per heavy atom. The number of nitrogens with zero attached hydrogens (tertiary/aromatic N) is 2. The number of carbonyl (C=O) groups excluding carboxylic acids is 5. The number of rotatable bonds is 12. The molecule has 0 spiro atoms. The molecule has 16 heteroatoms. The van der Waals surface area contributed by atoms with E-state index in [1.807, 2.05) is 45.2 Å². The van der Waals surface area contributed by atoms with E-state index in [-0.39, 0.29) is 37.1 Å². The van der Waals surface area contributed by atoms with Crippen molar-refractivity contribution in [2.75, 3.05) is 11.9 Å². The molecule has 14 nitrogen and oxygen atoms in total. The number of aromatic nitrogens is 1. The van der Waals surface area contributed by atoms with Crippen molar-refractivity contribution in [2.24, 2.45) is 16.7 Å². The van der Waals surface area contributed by atoms with Crippen LogP contribution >= 0.6 is 11.3 Å². The predicted octanol–water partition coefficient (Wildman–Crippen LogP) is 4.27. The monoisotopic (exact) mass is 770 g/mol. The van der Waals surface area contributed by atoms with Crippen LogP contribution in [0, 0.1) is 23.7 Å². The van der Waals surface area contributed by atoms with Gasteiger partial charge in [0, 0.05) is 35.9 Å². The minimum atomic E-state index is -3.92. The summed E-state index contributed by atoms with van der Waals surface area (Å²) in [5, 5.41) is 10.2. The summed E-state index contributed by atoms with van der Waals surface area (Å²) in [6.45, 7) is 16.5. The third-order valence-electron chi connectivity index (χ3n) is 9.55. The number of sulfonamides is 1. The van der Waals surface area contributed by atoms with Gasteiger partial charge in [-0.3, -0.25) is 29.2 Å². The van der Waals surface area contributed by atoms with Crippen LogP contribution in [0.4, 0.5) is 10.5 Å². The predicted molar refractivity (Wildman–Crippen MR) is 201 cm³/mol. The molecule has 0 radical (unpaired) electrons. The SMILES string of the molecule is C=CC1C[C@]1(NC(=O)[C@@H]1C[C@@H](OC(=O)Nc2cc(C)ccc2-c2nccs2)CN1C(=O)[C@@H](NC(=O)CC(C)(C)C)C(C)(C)C)C(=O)NS(=O)(=O)C1CC1. The van der Waals surface area contributed by atoms with Gasteiger partial charge in [0.05, 0.1) is 17.5 Å². The van der Waals surface area contributed by atoms with E-state index in [0.29, 0.717) is 29.1 Å². The summed E-state index contributed by atoms with van der Waals surface area (Å²) >= 11 is 1.41. The number of benzene rings is 1. The van der Waals surface area contributed by atoms with Crippen LogP contribution in [0.15, 0.2) is 42.4 Å². The molecule has 2 saturated carbocycles. The Bertz CT molecular complexity index is 1880. The Hall–Kier alpha value is -4.31. The highest BCUT2D eigenvalue weighted by Crippen LogP contribution is 2.45. The molecule has 2 aromatic rings. The van der Waals surface area contributed by atoms with Crippen LogP contribution < -0.4 is 20.7 Å². The second-order valence-corrected chi connectivity index (χ2v) is 19.4. The maximum atomic E-state index is 14.4. The number of hydrogen-bond donors (Lipinski definition) is 4. The number of ether oxygens (including phenoxy) is 1. The fourth-order valence-electron chi connectivity index (χ4n) is 6.50. The van der Waals surface area contributed by atoms with Gasteiger partial charge in [-0.1, -0.05) is 53.7 Å². The molecule has 2 heterocycles. The number of amides is 5. The zero-order valence-corrected chi connectivity index (χ0v) is 32.9. The third-order valence-corrected chi connectivity index (χ3v) is 12.2. The first-order chi connectivity index (χ1) is 24.6. The molecule has 288 valence electrons. The molecule has 1 unspecified atom stereocenters. The number of likely N-dealkylation sites (tertiary alicyclic amines) is 1. The molecule has 0 bridgehead atoms. The van der Waals surface area contributed by atoms with Crippen molar-refractivity contribution in [3.05, 3.63) is 48.0 Å². The minimum absolute atomic E-state index is 0.114. The smallest absolute Gasteiger partial charge is 0.411 e. The van der Waals surface area contributed by atoms with Crippen LogP contribution in [0.3, 0.4) is 0 Å². The molecule has 5 rings (SSSR count). The van der Waals surface area contributed by atoms with Gasteiger partial charge in [0.15, 0.2) is 0 Å². The van der Waals surface area contributed by atoms with E-state index in [4.69, 9.17) is 4.74 Å². The summed E-state index contributed by atoms with van der Waals surface area (Å²) in [4.78, 5) is 74.2. The highest BCUT2D eigenvalue weighted by Gasteiger charge is 2.62. The molecule has 3 fully saturated rings. The molecule has 1 aromatic carbocycles. The van der Waals surface area contributed by atoms with Crippen molar-refractivity contribution in [1.29, 1.82) is 0 Å². The van der Waals surface area contributed by atoms with Crippen molar-refractivity contribution >= 4 is 56.8 Å². The highest BCUT2D eigenvalue weighted by atomic mass is 32.2. The maximum absolute atomic E-state index is 14.4. The fraction of sp³-hybridized carbons (Fsp3) is 0.568. The molecule has 1 saturated heterocycles. The van der Waals surface area contributed by atoms with Gasteiger partial charge < -0.3 is 20.3 Å². The lowest BCUT2D eigenvalue weighted by Gasteiger charge is -2.36. The minimum Gasteiger partial charge on any atom is -0.444 e. The van der Waals surface area contributed by atoms with Gasteiger partial charge in [-0.25, -0.2) is 18.2 Å². The first-order valence-corrected chi connectivity index (χ1v) is 20.1. The number of carbonyl (C=O) groups is 5. The lowest BCUT2D eigenvalue weighted by atomic mass is 9.84. The Balaban J connectivity index is 1.40. The molecule has 3 aliphatic rings. The molecule has 4 N–H and O–H groups in total. The van der Waals surface area contributed by atoms with Crippen LogP contribution in [0.1, 0.15) is 79.2 Å². The molecular weight excluding hydrogens is 721 g/mol. The molecule has 53 heavy (non-hydrogen) atoms. The number of thiazole rings is 1. The van der Waals surface area contributed by atoms with E-state index in [0.717, 1.165) is 5.56 Å². The van der Waals surface area contributed by atoms with Crippen LogP contribution in [-0.4, -0.2) is 83.5 Å². The van der Waals surface area contributed by atoms with E-state index < -0.39 is 74.1 Å². The van der Waals surface area contributed by atoms with Crippen molar-refractivity contribution in [1.82, 2.24) is 25.2 Å². The van der Waals surface area contributed by atoms with E-state index >= 15 is 0 Å². The first kappa shape index (κ1) is 39.9. The van der Waals surface area contributed by atoms with E-state index in [9.17, 15) is 32.4 Å². The summed E-state index contributed by atoms with van der Waals surface area (Å²) in [7, 11) is -3.92. The summed E-state index contributed by atoms with van der Waals surface area (Å²) in [5.41, 5.74) is -0.691. The Morgan fingerprint density at radius 3 is 2.40 bits per heavy atom. The van der Waals surface area contributed by atoms with Crippen molar-refractivity contribution in [2.45, 2.75) is 110 Å². The lowest BCUT2D eigenvalue weighted by Crippen LogP contribution is -2.60.